The first-order valence-corrected chi connectivity index (χ1v) is 6.96. The van der Waals surface area contributed by atoms with E-state index in [0.717, 1.165) is 37.3 Å². The van der Waals surface area contributed by atoms with Crippen molar-refractivity contribution in [3.63, 3.8) is 0 Å². The monoisotopic (exact) mass is 287 g/mol. The minimum Gasteiger partial charge on any atom is -0.463 e. The van der Waals surface area contributed by atoms with Crippen molar-refractivity contribution in [3.05, 3.63) is 35.5 Å². The second-order valence-corrected chi connectivity index (χ2v) is 4.91. The molecule has 0 fully saturated rings. The molecule has 0 aliphatic carbocycles. The lowest BCUT2D eigenvalue weighted by Crippen LogP contribution is -2.14. The fraction of sp³-hybridized carbons (Fsp3) is 0.429. The van der Waals surface area contributed by atoms with Crippen LogP contribution in [0, 0.1) is 0 Å². The number of fused-ring (bicyclic) bond motifs is 1. The zero-order valence-corrected chi connectivity index (χ0v) is 11.9. The van der Waals surface area contributed by atoms with Gasteiger partial charge in [-0.15, -0.1) is 5.10 Å². The van der Waals surface area contributed by atoms with E-state index in [4.69, 9.17) is 0 Å². The molecule has 0 radical (unpaired) electrons. The number of hydrogen-bond acceptors (Lipinski definition) is 6. The predicted octanol–water partition coefficient (Wildman–Crippen LogP) is 1.06. The first-order valence-electron chi connectivity index (χ1n) is 6.96. The molecule has 0 unspecified atom stereocenters. The molecular formula is C14H17N5O2. The molecule has 0 amide bonds. The van der Waals surface area contributed by atoms with Crippen LogP contribution in [0.4, 0.5) is 5.82 Å². The van der Waals surface area contributed by atoms with Gasteiger partial charge in [-0.2, -0.15) is 0 Å². The van der Waals surface area contributed by atoms with Crippen LogP contribution < -0.4 is 5.32 Å². The Labute approximate surface area is 122 Å². The number of ether oxygens (including phenoxy) is 1. The number of pyridine rings is 1. The third kappa shape index (κ3) is 3.01. The van der Waals surface area contributed by atoms with Crippen LogP contribution in [0.2, 0.25) is 0 Å². The topological polar surface area (TPSA) is 81.9 Å². The second kappa shape index (κ2) is 5.90. The summed E-state index contributed by atoms with van der Waals surface area (Å²) in [6.45, 7) is 1.60. The summed E-state index contributed by atoms with van der Waals surface area (Å²) in [6.07, 6.45) is 4.51. The Balaban J connectivity index is 1.65. The molecule has 1 aliphatic heterocycles. The Bertz CT molecular complexity index is 653. The van der Waals surface area contributed by atoms with E-state index in [1.54, 1.807) is 4.68 Å². The average Bonchev–Trinajstić information content (AvgIpc) is 3.01. The highest BCUT2D eigenvalue weighted by atomic mass is 16.5. The van der Waals surface area contributed by atoms with Crippen LogP contribution in [-0.2, 0) is 24.1 Å². The number of aryl methyl sites for hydroxylation is 3. The van der Waals surface area contributed by atoms with E-state index in [1.165, 1.54) is 19.0 Å². The lowest BCUT2D eigenvalue weighted by molar-refractivity contribution is 0.0586. The summed E-state index contributed by atoms with van der Waals surface area (Å²) in [5, 5.41) is 7.39. The standard InChI is InChI=1S/C14H17N5O2/c1-21-14(20)13-16-9-19(18-13)8-6-11-5-4-10-3-2-7-15-12(10)17-11/h4-5,9H,2-3,6-8H2,1H3,(H,15,17). The average molecular weight is 287 g/mol. The Morgan fingerprint density at radius 1 is 1.48 bits per heavy atom. The summed E-state index contributed by atoms with van der Waals surface area (Å²) in [4.78, 5) is 19.8. The first-order chi connectivity index (χ1) is 10.3. The Kier molecular flexibility index (Phi) is 3.81. The smallest absolute Gasteiger partial charge is 0.377 e. The van der Waals surface area contributed by atoms with Crippen LogP contribution in [0.15, 0.2) is 18.5 Å². The maximum absolute atomic E-state index is 11.3. The molecule has 3 rings (SSSR count). The number of anilines is 1. The zero-order chi connectivity index (χ0) is 14.7. The van der Waals surface area contributed by atoms with Crippen molar-refractivity contribution in [1.82, 2.24) is 19.7 Å². The summed E-state index contributed by atoms with van der Waals surface area (Å²) < 4.78 is 6.20. The van der Waals surface area contributed by atoms with Crippen LogP contribution in [0.5, 0.6) is 0 Å². The van der Waals surface area contributed by atoms with E-state index >= 15 is 0 Å². The van der Waals surface area contributed by atoms with Crippen molar-refractivity contribution in [3.8, 4) is 0 Å². The highest BCUT2D eigenvalue weighted by Crippen LogP contribution is 2.19. The highest BCUT2D eigenvalue weighted by Gasteiger charge is 2.12. The molecule has 0 saturated heterocycles. The highest BCUT2D eigenvalue weighted by molar-refractivity contribution is 5.84. The van der Waals surface area contributed by atoms with E-state index < -0.39 is 5.97 Å². The van der Waals surface area contributed by atoms with Crippen LogP contribution in [0.1, 0.15) is 28.3 Å². The molecule has 1 N–H and O–H groups in total. The van der Waals surface area contributed by atoms with Gasteiger partial charge in [0.25, 0.3) is 5.82 Å². The van der Waals surface area contributed by atoms with Crippen molar-refractivity contribution >= 4 is 11.8 Å². The van der Waals surface area contributed by atoms with Gasteiger partial charge in [0, 0.05) is 25.2 Å². The molecule has 110 valence electrons. The third-order valence-corrected chi connectivity index (χ3v) is 3.45. The summed E-state index contributed by atoms with van der Waals surface area (Å²) in [5.74, 6) is 0.551. The van der Waals surface area contributed by atoms with E-state index in [-0.39, 0.29) is 5.82 Å². The van der Waals surface area contributed by atoms with Gasteiger partial charge in [0.15, 0.2) is 0 Å². The SMILES string of the molecule is COC(=O)c1ncn(CCc2ccc3c(n2)NCCC3)n1. The molecular weight excluding hydrogens is 270 g/mol. The summed E-state index contributed by atoms with van der Waals surface area (Å²) in [7, 11) is 1.31. The van der Waals surface area contributed by atoms with Gasteiger partial charge in [-0.05, 0) is 24.5 Å². The number of esters is 1. The van der Waals surface area contributed by atoms with E-state index in [9.17, 15) is 4.79 Å². The number of carbonyl (C=O) groups excluding carboxylic acids is 1. The fourth-order valence-corrected chi connectivity index (χ4v) is 2.32. The summed E-state index contributed by atoms with van der Waals surface area (Å²) in [6, 6.07) is 4.18. The number of nitrogens with zero attached hydrogens (tertiary/aromatic N) is 4. The number of aromatic nitrogens is 4. The molecule has 2 aromatic heterocycles. The van der Waals surface area contributed by atoms with Crippen LogP contribution in [0.3, 0.4) is 0 Å². The molecule has 7 heteroatoms. The van der Waals surface area contributed by atoms with Crippen LogP contribution in [0.25, 0.3) is 0 Å². The first kappa shape index (κ1) is 13.5. The van der Waals surface area contributed by atoms with E-state index in [0.29, 0.717) is 6.54 Å². The largest absolute Gasteiger partial charge is 0.463 e. The lowest BCUT2D eigenvalue weighted by atomic mass is 10.1. The molecule has 7 nitrogen and oxygen atoms in total. The molecule has 2 aromatic rings. The number of nitrogens with one attached hydrogen (secondary N) is 1. The second-order valence-electron chi connectivity index (χ2n) is 4.91. The number of carbonyl (C=O) groups is 1. The Morgan fingerprint density at radius 2 is 2.38 bits per heavy atom. The van der Waals surface area contributed by atoms with Gasteiger partial charge < -0.3 is 10.1 Å². The number of methoxy groups -OCH3 is 1. The van der Waals surface area contributed by atoms with E-state index in [2.05, 4.69) is 31.2 Å². The fourth-order valence-electron chi connectivity index (χ4n) is 2.32. The van der Waals surface area contributed by atoms with Crippen molar-refractivity contribution in [1.29, 1.82) is 0 Å². The molecule has 0 aromatic carbocycles. The van der Waals surface area contributed by atoms with Gasteiger partial charge in [0.05, 0.1) is 7.11 Å². The van der Waals surface area contributed by atoms with Gasteiger partial charge >= 0.3 is 5.97 Å². The summed E-state index contributed by atoms with van der Waals surface area (Å²) >= 11 is 0. The van der Waals surface area contributed by atoms with Gasteiger partial charge in [-0.1, -0.05) is 6.07 Å². The number of hydrogen-bond donors (Lipinski definition) is 1. The third-order valence-electron chi connectivity index (χ3n) is 3.45. The Hall–Kier alpha value is -2.44. The van der Waals surface area contributed by atoms with Crippen molar-refractivity contribution in [2.75, 3.05) is 19.0 Å². The molecule has 0 bridgehead atoms. The molecule has 0 atom stereocenters. The predicted molar refractivity (Wildman–Crippen MR) is 76.1 cm³/mol. The van der Waals surface area contributed by atoms with Crippen molar-refractivity contribution < 1.29 is 9.53 Å². The number of rotatable bonds is 4. The van der Waals surface area contributed by atoms with Crippen molar-refractivity contribution in [2.24, 2.45) is 0 Å². The molecule has 21 heavy (non-hydrogen) atoms. The molecule has 0 saturated carbocycles. The van der Waals surface area contributed by atoms with Crippen molar-refractivity contribution in [2.45, 2.75) is 25.8 Å². The molecule has 3 heterocycles. The van der Waals surface area contributed by atoms with E-state index in [1.807, 2.05) is 6.07 Å². The normalized spacial score (nSPS) is 13.4. The summed E-state index contributed by atoms with van der Waals surface area (Å²) in [5.41, 5.74) is 2.28. The minimum absolute atomic E-state index is 0.0811. The zero-order valence-electron chi connectivity index (χ0n) is 11.9. The van der Waals surface area contributed by atoms with Gasteiger partial charge in [0.1, 0.15) is 12.1 Å². The van der Waals surface area contributed by atoms with Crippen LogP contribution in [-0.4, -0.2) is 39.4 Å². The van der Waals surface area contributed by atoms with Crippen LogP contribution >= 0.6 is 0 Å². The quantitative estimate of drug-likeness (QED) is 0.847. The molecule has 1 aliphatic rings. The molecule has 0 spiro atoms. The maximum Gasteiger partial charge on any atom is 0.377 e. The van der Waals surface area contributed by atoms with Gasteiger partial charge in [-0.3, -0.25) is 4.68 Å². The lowest BCUT2D eigenvalue weighted by Gasteiger charge is -2.17. The minimum atomic E-state index is -0.523. The maximum atomic E-state index is 11.3. The van der Waals surface area contributed by atoms with Gasteiger partial charge in [0.2, 0.25) is 0 Å². The van der Waals surface area contributed by atoms with Gasteiger partial charge in [-0.25, -0.2) is 14.8 Å². The Morgan fingerprint density at radius 3 is 3.24 bits per heavy atom.